The summed E-state index contributed by atoms with van der Waals surface area (Å²) in [5, 5.41) is 0.591. The van der Waals surface area contributed by atoms with E-state index < -0.39 is 0 Å². The Morgan fingerprint density at radius 1 is 1.00 bits per heavy atom. The summed E-state index contributed by atoms with van der Waals surface area (Å²) in [6.07, 6.45) is 0. The molecule has 1 radical (unpaired) electrons. The van der Waals surface area contributed by atoms with Gasteiger partial charge in [0.05, 0.1) is 17.9 Å². The zero-order valence-corrected chi connectivity index (χ0v) is 15.9. The van der Waals surface area contributed by atoms with Crippen molar-refractivity contribution in [3.05, 3.63) is 0 Å². The quantitative estimate of drug-likeness (QED) is 0.565. The number of nitrogens with zero attached hydrogens (tertiary/aromatic N) is 1. The normalized spacial score (nSPS) is 29.7. The molecular weight excluding hydrogens is 217 g/mol. The van der Waals surface area contributed by atoms with Gasteiger partial charge in [0.1, 0.15) is 0 Å². The Hall–Kier alpha value is 1.87. The third-order valence-electron chi connectivity index (χ3n) is 4.24. The molecule has 0 aliphatic carbocycles. The fourth-order valence-electron chi connectivity index (χ4n) is 1.75. The average Bonchev–Trinajstić information content (AvgIpc) is 1.83. The third-order valence-corrected chi connectivity index (χ3v) is 11.3. The molecule has 1 heterocycles. The largest absolute Gasteiger partial charge is 0.338 e. The molecule has 0 unspecified atom stereocenters. The van der Waals surface area contributed by atoms with Crippen molar-refractivity contribution in [2.45, 2.75) is 52.1 Å². The van der Waals surface area contributed by atoms with Crippen molar-refractivity contribution in [1.82, 2.24) is 0 Å². The van der Waals surface area contributed by atoms with Crippen LogP contribution in [0.2, 0.25) is 5.04 Å². The second kappa shape index (κ2) is 4.39. The molecule has 1 aliphatic rings. The molecule has 0 spiro atoms. The minimum absolute atomic E-state index is 0. The molecule has 0 bridgehead atoms. The summed E-state index contributed by atoms with van der Waals surface area (Å²) in [5.74, 6) is 0. The fourth-order valence-corrected chi connectivity index (χ4v) is 8.56. The van der Waals surface area contributed by atoms with Gasteiger partial charge in [0.25, 0.3) is 0 Å². The van der Waals surface area contributed by atoms with Gasteiger partial charge in [-0.1, -0.05) is 27.7 Å². The summed E-state index contributed by atoms with van der Waals surface area (Å²) in [6.45, 7) is 14.3. The topological polar surface area (TPSA) is 12.4 Å². The van der Waals surface area contributed by atoms with Gasteiger partial charge in [-0.25, -0.2) is 0 Å². The van der Waals surface area contributed by atoms with Gasteiger partial charge >= 0.3 is 0 Å². The van der Waals surface area contributed by atoms with Crippen molar-refractivity contribution >= 4 is 69.3 Å². The summed E-state index contributed by atoms with van der Waals surface area (Å²) in [6, 6.07) is 0. The predicted octanol–water partition coefficient (Wildman–Crippen LogP) is 1.33. The van der Waals surface area contributed by atoms with Crippen molar-refractivity contribution in [1.29, 1.82) is 0 Å². The van der Waals surface area contributed by atoms with Gasteiger partial charge in [0.2, 0.25) is 0 Å². The monoisotopic (exact) mass is 238 g/mol. The minimum Gasteiger partial charge on any atom is -0.338 e. The van der Waals surface area contributed by atoms with Crippen LogP contribution < -0.4 is 0 Å². The Kier molecular flexibility index (Phi) is 5.02. The maximum atomic E-state index is 4.86. The molecule has 0 saturated heterocycles. The summed E-state index contributed by atoms with van der Waals surface area (Å²) >= 11 is 0. The number of hydrogen-bond donors (Lipinski definition) is 0. The Labute approximate surface area is 129 Å². The Bertz CT molecular complexity index is 222. The zero-order chi connectivity index (χ0) is 9.62. The smallest absolute Gasteiger partial charge is 0.0853 e. The summed E-state index contributed by atoms with van der Waals surface area (Å²) < 4.78 is 4.86. The van der Waals surface area contributed by atoms with E-state index in [4.69, 9.17) is 4.63 Å². The fraction of sp³-hybridized carbons (Fsp3) is 1.00. The molecule has 0 amide bonds. The van der Waals surface area contributed by atoms with Crippen LogP contribution in [0.25, 0.3) is 0 Å². The molecule has 1 rings (SSSR count). The van der Waals surface area contributed by atoms with Gasteiger partial charge in [-0.3, -0.25) is 0 Å². The molecule has 1 aliphatic heterocycles. The van der Waals surface area contributed by atoms with Crippen LogP contribution in [-0.2, 0) is 0 Å². The molecule has 0 aromatic rings. The molecule has 0 N–H and O–H groups in total. The molecule has 0 saturated carbocycles. The van der Waals surface area contributed by atoms with Gasteiger partial charge in [0.15, 0.2) is 0 Å². The van der Waals surface area contributed by atoms with Gasteiger partial charge in [-0.05, 0) is 24.3 Å². The maximum absolute atomic E-state index is 4.86. The van der Waals surface area contributed by atoms with E-state index in [-0.39, 0.29) is 66.0 Å². The maximum Gasteiger partial charge on any atom is 0.0853 e. The van der Waals surface area contributed by atoms with E-state index in [9.17, 15) is 0 Å². The molecule has 1 nitrogen and oxygen atoms in total. The van der Waals surface area contributed by atoms with Crippen molar-refractivity contribution in [3.63, 3.8) is 0 Å². The van der Waals surface area contributed by atoms with E-state index in [0.29, 0.717) is 19.3 Å². The zero-order valence-electron chi connectivity index (χ0n) is 10.2. The van der Waals surface area contributed by atoms with E-state index in [2.05, 4.69) is 41.5 Å². The van der Waals surface area contributed by atoms with Gasteiger partial charge in [-0.15, -0.1) is 0 Å². The van der Waals surface area contributed by atoms with Crippen molar-refractivity contribution in [2.75, 3.05) is 0 Å². The second-order valence-corrected chi connectivity index (χ2v) is 10.7. The van der Waals surface area contributed by atoms with Crippen LogP contribution in [-0.4, -0.2) is 74.8 Å². The third kappa shape index (κ3) is 2.52. The predicted molar refractivity (Wildman–Crippen MR) is 65.8 cm³/mol. The first kappa shape index (κ1) is 14.9. The van der Waals surface area contributed by atoms with Crippen LogP contribution in [0.5, 0.6) is 0 Å². The SMILES string of the molecule is CC1(C)N=[SiH][SiH2]C(C)(C)C1(C)C.[K]. The number of hydrogen-bond acceptors (Lipinski definition) is 1. The summed E-state index contributed by atoms with van der Waals surface area (Å²) in [7, 11) is 0.545. The molecule has 71 valence electrons. The number of rotatable bonds is 0. The van der Waals surface area contributed by atoms with E-state index in [1.54, 1.807) is 0 Å². The first-order valence-electron chi connectivity index (χ1n) is 4.74. The molecule has 4 heteroatoms. The Morgan fingerprint density at radius 2 is 1.46 bits per heavy atom. The van der Waals surface area contributed by atoms with Gasteiger partial charge in [-0.2, -0.15) is 0 Å². The van der Waals surface area contributed by atoms with Crippen LogP contribution in [0.15, 0.2) is 4.63 Å². The van der Waals surface area contributed by atoms with Gasteiger partial charge in [0, 0.05) is 56.9 Å². The van der Waals surface area contributed by atoms with E-state index in [1.165, 1.54) is 0 Å². The molecule has 0 fully saturated rings. The molecular formula is C9H21KNSi2. The van der Waals surface area contributed by atoms with E-state index in [0.717, 1.165) is 0 Å². The van der Waals surface area contributed by atoms with Crippen LogP contribution >= 0.6 is 0 Å². The van der Waals surface area contributed by atoms with Crippen LogP contribution in [0.4, 0.5) is 0 Å². The van der Waals surface area contributed by atoms with Gasteiger partial charge < -0.3 is 4.63 Å². The Balaban J connectivity index is 0.00000144. The molecule has 0 aromatic heterocycles. The van der Waals surface area contributed by atoms with Crippen molar-refractivity contribution < 1.29 is 0 Å². The molecule has 0 atom stereocenters. The summed E-state index contributed by atoms with van der Waals surface area (Å²) in [5.41, 5.74) is 0.592. The van der Waals surface area contributed by atoms with Crippen molar-refractivity contribution in [3.8, 4) is 0 Å². The van der Waals surface area contributed by atoms with E-state index >= 15 is 0 Å². The second-order valence-electron chi connectivity index (χ2n) is 5.58. The molecule has 13 heavy (non-hydrogen) atoms. The Morgan fingerprint density at radius 3 is 1.77 bits per heavy atom. The van der Waals surface area contributed by atoms with Crippen LogP contribution in [0, 0.1) is 5.41 Å². The minimum atomic E-state index is 0. The first-order valence-corrected chi connectivity index (χ1v) is 9.23. The summed E-state index contributed by atoms with van der Waals surface area (Å²) in [4.78, 5) is 0. The standard InChI is InChI=1S/C9H21NSi2.K/c1-7(2)8(3,4)10-12-11-9(7,5)6;/h12H,11H2,1-6H3;. The van der Waals surface area contributed by atoms with Crippen molar-refractivity contribution in [2.24, 2.45) is 10.0 Å². The van der Waals surface area contributed by atoms with E-state index in [1.807, 2.05) is 0 Å². The first-order chi connectivity index (χ1) is 5.21. The molecule has 0 aromatic carbocycles. The van der Waals surface area contributed by atoms with Crippen LogP contribution in [0.1, 0.15) is 41.5 Å². The van der Waals surface area contributed by atoms with Crippen LogP contribution in [0.3, 0.4) is 0 Å². The average molecular weight is 239 g/mol.